The van der Waals surface area contributed by atoms with Crippen molar-refractivity contribution < 1.29 is 19.0 Å². The van der Waals surface area contributed by atoms with Gasteiger partial charge in [0.1, 0.15) is 0 Å². The minimum atomic E-state index is -0.0835. The highest BCUT2D eigenvalue weighted by atomic mass is 16.5. The molecule has 1 amide bonds. The zero-order valence-electron chi connectivity index (χ0n) is 19.5. The van der Waals surface area contributed by atoms with Crippen molar-refractivity contribution in [2.75, 3.05) is 52.4 Å². The number of benzene rings is 1. The van der Waals surface area contributed by atoms with Gasteiger partial charge in [-0.25, -0.2) is 4.68 Å². The largest absolute Gasteiger partial charge is 0.493 e. The van der Waals surface area contributed by atoms with Crippen LogP contribution in [0.2, 0.25) is 0 Å². The maximum absolute atomic E-state index is 13.1. The summed E-state index contributed by atoms with van der Waals surface area (Å²) < 4.78 is 17.9. The lowest BCUT2D eigenvalue weighted by Gasteiger charge is -2.35. The van der Waals surface area contributed by atoms with Crippen LogP contribution in [0.25, 0.3) is 5.82 Å². The number of nitrogens with zero attached hydrogens (tertiary/aromatic N) is 6. The van der Waals surface area contributed by atoms with E-state index in [2.05, 4.69) is 20.2 Å². The molecule has 1 aliphatic heterocycles. The second-order valence-electron chi connectivity index (χ2n) is 7.78. The highest BCUT2D eigenvalue weighted by molar-refractivity contribution is 5.95. The lowest BCUT2D eigenvalue weighted by molar-refractivity contribution is 0.0745. The van der Waals surface area contributed by atoms with Crippen molar-refractivity contribution in [1.82, 2.24) is 24.9 Å². The Bertz CT molecular complexity index is 1110. The summed E-state index contributed by atoms with van der Waals surface area (Å²) in [5.74, 6) is 2.75. The van der Waals surface area contributed by atoms with E-state index in [-0.39, 0.29) is 5.91 Å². The summed E-state index contributed by atoms with van der Waals surface area (Å²) in [4.78, 5) is 17.1. The van der Waals surface area contributed by atoms with Gasteiger partial charge in [-0.2, -0.15) is 5.10 Å². The molecule has 1 fully saturated rings. The van der Waals surface area contributed by atoms with E-state index in [0.29, 0.717) is 54.8 Å². The normalized spacial score (nSPS) is 13.7. The van der Waals surface area contributed by atoms with Crippen LogP contribution in [0.5, 0.6) is 17.2 Å². The Balaban J connectivity index is 1.44. The molecule has 1 saturated heterocycles. The van der Waals surface area contributed by atoms with Gasteiger partial charge in [0.05, 0.1) is 27.0 Å². The first-order valence-electron chi connectivity index (χ1n) is 10.7. The van der Waals surface area contributed by atoms with Gasteiger partial charge in [0.2, 0.25) is 5.75 Å². The Kier molecular flexibility index (Phi) is 6.34. The first kappa shape index (κ1) is 22.4. The molecule has 0 N–H and O–H groups in total. The first-order chi connectivity index (χ1) is 15.9. The summed E-state index contributed by atoms with van der Waals surface area (Å²) in [5, 5.41) is 13.2. The molecule has 0 atom stereocenters. The molecule has 10 heteroatoms. The van der Waals surface area contributed by atoms with Crippen LogP contribution in [0.3, 0.4) is 0 Å². The molecule has 2 aromatic heterocycles. The SMILES string of the molecule is COc1cc(C(=O)N2CCN(c3ccc(-n4nc(C)cc4C)nn3)CC2)cc(OC)c1OC. The Morgan fingerprint density at radius 1 is 0.848 bits per heavy atom. The Morgan fingerprint density at radius 3 is 1.94 bits per heavy atom. The molecule has 174 valence electrons. The van der Waals surface area contributed by atoms with Gasteiger partial charge in [-0.15, -0.1) is 10.2 Å². The molecule has 3 aromatic rings. The molecule has 33 heavy (non-hydrogen) atoms. The lowest BCUT2D eigenvalue weighted by atomic mass is 10.1. The molecule has 4 rings (SSSR count). The number of aryl methyl sites for hydroxylation is 2. The molecule has 0 saturated carbocycles. The number of hydrogen-bond acceptors (Lipinski definition) is 8. The van der Waals surface area contributed by atoms with E-state index >= 15 is 0 Å². The fraction of sp³-hybridized carbons (Fsp3) is 0.391. The average Bonchev–Trinajstić information content (AvgIpc) is 3.20. The van der Waals surface area contributed by atoms with Crippen LogP contribution in [0.4, 0.5) is 5.82 Å². The fourth-order valence-electron chi connectivity index (χ4n) is 3.99. The predicted molar refractivity (Wildman–Crippen MR) is 123 cm³/mol. The minimum absolute atomic E-state index is 0.0835. The third-order valence-electron chi connectivity index (χ3n) is 5.67. The van der Waals surface area contributed by atoms with Crippen LogP contribution in [0.15, 0.2) is 30.3 Å². The van der Waals surface area contributed by atoms with E-state index in [1.807, 2.05) is 36.9 Å². The molecule has 1 aromatic carbocycles. The summed E-state index contributed by atoms with van der Waals surface area (Å²) in [7, 11) is 4.60. The van der Waals surface area contributed by atoms with Gasteiger partial charge >= 0.3 is 0 Å². The van der Waals surface area contributed by atoms with Crippen molar-refractivity contribution in [3.05, 3.63) is 47.3 Å². The quantitative estimate of drug-likeness (QED) is 0.562. The number of carbonyl (C=O) groups excluding carboxylic acids is 1. The fourth-order valence-corrected chi connectivity index (χ4v) is 3.99. The van der Waals surface area contributed by atoms with Crippen molar-refractivity contribution in [2.45, 2.75) is 13.8 Å². The maximum atomic E-state index is 13.1. The number of anilines is 1. The average molecular weight is 453 g/mol. The number of hydrogen-bond donors (Lipinski definition) is 0. The molecular weight excluding hydrogens is 424 g/mol. The second-order valence-corrected chi connectivity index (χ2v) is 7.78. The van der Waals surface area contributed by atoms with Gasteiger partial charge in [0.25, 0.3) is 5.91 Å². The number of piperazine rings is 1. The van der Waals surface area contributed by atoms with Gasteiger partial charge in [0, 0.05) is 37.4 Å². The van der Waals surface area contributed by atoms with Crippen molar-refractivity contribution >= 4 is 11.7 Å². The zero-order chi connectivity index (χ0) is 23.5. The highest BCUT2D eigenvalue weighted by Gasteiger charge is 2.25. The van der Waals surface area contributed by atoms with Crippen LogP contribution in [0, 0.1) is 13.8 Å². The number of aromatic nitrogens is 4. The summed E-state index contributed by atoms with van der Waals surface area (Å²) in [6.45, 7) is 6.38. The topological polar surface area (TPSA) is 94.8 Å². The van der Waals surface area contributed by atoms with Gasteiger partial charge in [-0.05, 0) is 44.2 Å². The van der Waals surface area contributed by atoms with Crippen LogP contribution in [-0.2, 0) is 0 Å². The smallest absolute Gasteiger partial charge is 0.254 e. The predicted octanol–water partition coefficient (Wildman–Crippen LogP) is 2.27. The Labute approximate surface area is 192 Å². The van der Waals surface area contributed by atoms with Gasteiger partial charge in [0.15, 0.2) is 23.1 Å². The van der Waals surface area contributed by atoms with E-state index in [1.54, 1.807) is 16.8 Å². The van der Waals surface area contributed by atoms with E-state index in [9.17, 15) is 4.79 Å². The van der Waals surface area contributed by atoms with Crippen molar-refractivity contribution in [3.63, 3.8) is 0 Å². The number of carbonyl (C=O) groups is 1. The molecule has 0 bridgehead atoms. The summed E-state index contributed by atoms with van der Waals surface area (Å²) in [6.07, 6.45) is 0. The molecule has 0 radical (unpaired) electrons. The summed E-state index contributed by atoms with van der Waals surface area (Å²) in [6, 6.07) is 9.21. The third-order valence-corrected chi connectivity index (χ3v) is 5.67. The molecule has 10 nitrogen and oxygen atoms in total. The highest BCUT2D eigenvalue weighted by Crippen LogP contribution is 2.38. The van der Waals surface area contributed by atoms with Crippen molar-refractivity contribution in [1.29, 1.82) is 0 Å². The van der Waals surface area contributed by atoms with E-state index in [4.69, 9.17) is 14.2 Å². The minimum Gasteiger partial charge on any atom is -0.493 e. The number of ether oxygens (including phenoxy) is 3. The van der Waals surface area contributed by atoms with Gasteiger partial charge in [-0.3, -0.25) is 4.79 Å². The standard InChI is InChI=1S/C23H28N6O4/c1-15-12-16(2)29(26-15)21-7-6-20(24-25-21)27-8-10-28(11-9-27)23(30)17-13-18(31-3)22(33-5)19(14-17)32-4/h6-7,12-14H,8-11H2,1-5H3. The maximum Gasteiger partial charge on any atom is 0.254 e. The molecule has 0 spiro atoms. The van der Waals surface area contributed by atoms with Gasteiger partial charge in [-0.1, -0.05) is 0 Å². The van der Waals surface area contributed by atoms with Crippen LogP contribution in [-0.4, -0.2) is 78.3 Å². The van der Waals surface area contributed by atoms with Crippen molar-refractivity contribution in [2.24, 2.45) is 0 Å². The number of rotatable bonds is 6. The van der Waals surface area contributed by atoms with Crippen LogP contribution >= 0.6 is 0 Å². The Hall–Kier alpha value is -3.82. The monoisotopic (exact) mass is 452 g/mol. The van der Waals surface area contributed by atoms with Crippen molar-refractivity contribution in [3.8, 4) is 23.1 Å². The molecular formula is C23H28N6O4. The van der Waals surface area contributed by atoms with Crippen LogP contribution < -0.4 is 19.1 Å². The summed E-state index contributed by atoms with van der Waals surface area (Å²) in [5.41, 5.74) is 2.44. The first-order valence-corrected chi connectivity index (χ1v) is 10.7. The molecule has 0 aliphatic carbocycles. The lowest BCUT2D eigenvalue weighted by Crippen LogP contribution is -2.49. The van der Waals surface area contributed by atoms with Crippen LogP contribution in [0.1, 0.15) is 21.7 Å². The third kappa shape index (κ3) is 4.41. The number of amides is 1. The summed E-state index contributed by atoms with van der Waals surface area (Å²) >= 11 is 0. The molecule has 0 unspecified atom stereocenters. The van der Waals surface area contributed by atoms with E-state index in [0.717, 1.165) is 17.2 Å². The molecule has 1 aliphatic rings. The number of methoxy groups -OCH3 is 3. The Morgan fingerprint density at radius 2 is 1.45 bits per heavy atom. The zero-order valence-corrected chi connectivity index (χ0v) is 19.5. The van der Waals surface area contributed by atoms with E-state index in [1.165, 1.54) is 21.3 Å². The van der Waals surface area contributed by atoms with E-state index < -0.39 is 0 Å². The second kappa shape index (κ2) is 9.35. The van der Waals surface area contributed by atoms with Gasteiger partial charge < -0.3 is 24.0 Å². The molecule has 3 heterocycles.